The number of amides is 2. The van der Waals surface area contributed by atoms with Gasteiger partial charge >= 0.3 is 5.97 Å². The summed E-state index contributed by atoms with van der Waals surface area (Å²) in [5.41, 5.74) is 0.413. The zero-order valence-corrected chi connectivity index (χ0v) is 21.4. The van der Waals surface area contributed by atoms with Crippen molar-refractivity contribution in [3.8, 4) is 0 Å². The molecule has 1 spiro atoms. The Morgan fingerprint density at radius 3 is 2.03 bits per heavy atom. The fraction of sp³-hybridized carbons (Fsp3) is 0.258. The van der Waals surface area contributed by atoms with Crippen LogP contribution >= 0.6 is 0 Å². The van der Waals surface area contributed by atoms with Gasteiger partial charge in [-0.15, -0.1) is 0 Å². The van der Waals surface area contributed by atoms with E-state index in [1.165, 1.54) is 24.3 Å². The van der Waals surface area contributed by atoms with Crippen molar-refractivity contribution in [2.75, 3.05) is 11.5 Å². The fourth-order valence-corrected chi connectivity index (χ4v) is 5.98. The lowest BCUT2D eigenvalue weighted by molar-refractivity contribution is -0.127. The number of imide groups is 1. The first-order valence-electron chi connectivity index (χ1n) is 12.9. The van der Waals surface area contributed by atoms with Crippen molar-refractivity contribution in [3.05, 3.63) is 101 Å². The number of aryl methyl sites for hydroxylation is 1. The minimum Gasteiger partial charge on any atom is -0.462 e. The van der Waals surface area contributed by atoms with Crippen molar-refractivity contribution >= 4 is 35.0 Å². The lowest BCUT2D eigenvalue weighted by Crippen LogP contribution is -2.51. The lowest BCUT2D eigenvalue weighted by atomic mass is 9.77. The first-order chi connectivity index (χ1) is 18.8. The molecular weight excluding hydrogens is 498 g/mol. The molecule has 3 aliphatic rings. The van der Waals surface area contributed by atoms with Crippen LogP contribution in [-0.4, -0.2) is 41.6 Å². The van der Waals surface area contributed by atoms with Crippen molar-refractivity contribution in [2.45, 2.75) is 32.0 Å². The van der Waals surface area contributed by atoms with E-state index < -0.39 is 52.9 Å². The number of esters is 1. The van der Waals surface area contributed by atoms with Crippen molar-refractivity contribution in [2.24, 2.45) is 11.8 Å². The van der Waals surface area contributed by atoms with Gasteiger partial charge in [0.25, 0.3) is 0 Å². The number of hydrogen-bond donors (Lipinski definition) is 0. The molecule has 8 heteroatoms. The monoisotopic (exact) mass is 523 g/mol. The quantitative estimate of drug-likeness (QED) is 0.281. The Hall–Kier alpha value is -4.43. The Bertz CT molecular complexity index is 1500. The summed E-state index contributed by atoms with van der Waals surface area (Å²) >= 11 is 0. The van der Waals surface area contributed by atoms with E-state index in [1.807, 2.05) is 31.2 Å². The Morgan fingerprint density at radius 1 is 0.846 bits per heavy atom. The van der Waals surface area contributed by atoms with Crippen molar-refractivity contribution in [1.29, 1.82) is 0 Å². The van der Waals surface area contributed by atoms with Crippen LogP contribution in [0, 0.1) is 11.8 Å². The summed E-state index contributed by atoms with van der Waals surface area (Å²) in [5.74, 6) is -5.40. The summed E-state index contributed by atoms with van der Waals surface area (Å²) in [4.78, 5) is 68.8. The number of carbonyl (C=O) groups excluding carboxylic acids is 5. The molecule has 2 fully saturated rings. The van der Waals surface area contributed by atoms with E-state index in [2.05, 4.69) is 0 Å². The van der Waals surface area contributed by atoms with Gasteiger partial charge in [-0.05, 0) is 48.7 Å². The Balaban J connectivity index is 1.46. The van der Waals surface area contributed by atoms with Gasteiger partial charge in [0.05, 0.1) is 35.8 Å². The highest BCUT2D eigenvalue weighted by Crippen LogP contribution is 2.57. The first kappa shape index (κ1) is 24.9. The number of nitrogens with zero attached hydrogens (tertiary/aromatic N) is 1. The van der Waals surface area contributed by atoms with E-state index in [0.29, 0.717) is 5.56 Å². The standard InChI is InChI=1S/C31H25NO7/c1-3-17-9-11-18(12-10-17)25-23-24(31(39-25)26(33)21-7-5-6-8-22(21)27(31)34)29(36)32(28(23)35)20-15-13-19(14-16-20)30(37)38-4-2/h5-16,23-25H,3-4H2,1-2H3/t23-,24+,25-/m0/s1. The van der Waals surface area contributed by atoms with Gasteiger partial charge in [-0.25, -0.2) is 9.69 Å². The number of carbonyl (C=O) groups is 5. The third-order valence-corrected chi connectivity index (χ3v) is 7.87. The molecule has 3 aromatic carbocycles. The third kappa shape index (κ3) is 3.44. The SMILES string of the molecule is CCOC(=O)c1ccc(N2C(=O)[C@@H]3[C@H](c4ccc(CC)cc4)OC4(C(=O)c5ccccc5C4=O)[C@H]3C2=O)cc1. The predicted molar refractivity (Wildman–Crippen MR) is 139 cm³/mol. The van der Waals surface area contributed by atoms with E-state index in [4.69, 9.17) is 9.47 Å². The van der Waals surface area contributed by atoms with E-state index in [-0.39, 0.29) is 29.0 Å². The molecule has 0 unspecified atom stereocenters. The molecule has 6 rings (SSSR count). The molecule has 2 amide bonds. The lowest BCUT2D eigenvalue weighted by Gasteiger charge is -2.27. The van der Waals surface area contributed by atoms with Gasteiger partial charge in [0, 0.05) is 11.1 Å². The molecule has 2 heterocycles. The Kier molecular flexibility index (Phi) is 5.80. The number of anilines is 1. The third-order valence-electron chi connectivity index (χ3n) is 7.87. The molecule has 39 heavy (non-hydrogen) atoms. The number of hydrogen-bond acceptors (Lipinski definition) is 7. The van der Waals surface area contributed by atoms with Gasteiger partial charge in [0.1, 0.15) is 0 Å². The van der Waals surface area contributed by atoms with Gasteiger partial charge in [-0.2, -0.15) is 0 Å². The summed E-state index contributed by atoms with van der Waals surface area (Å²) in [7, 11) is 0. The van der Waals surface area contributed by atoms with Crippen molar-refractivity contribution < 1.29 is 33.4 Å². The van der Waals surface area contributed by atoms with Gasteiger partial charge in [0.2, 0.25) is 29.0 Å². The number of rotatable bonds is 5. The minimum atomic E-state index is -2.13. The van der Waals surface area contributed by atoms with Crippen LogP contribution in [0.15, 0.2) is 72.8 Å². The maximum atomic E-state index is 14.0. The van der Waals surface area contributed by atoms with Crippen LogP contribution in [0.25, 0.3) is 0 Å². The van der Waals surface area contributed by atoms with Crippen LogP contribution in [0.5, 0.6) is 0 Å². The predicted octanol–water partition coefficient (Wildman–Crippen LogP) is 4.12. The Labute approximate surface area is 224 Å². The summed E-state index contributed by atoms with van der Waals surface area (Å²) in [6.45, 7) is 3.92. The molecule has 0 bridgehead atoms. The molecule has 0 N–H and O–H groups in total. The van der Waals surface area contributed by atoms with Crippen LogP contribution in [0.1, 0.15) is 62.2 Å². The molecule has 8 nitrogen and oxygen atoms in total. The molecule has 3 atom stereocenters. The summed E-state index contributed by atoms with van der Waals surface area (Å²) in [6, 6.07) is 19.7. The Morgan fingerprint density at radius 2 is 1.46 bits per heavy atom. The molecule has 0 saturated carbocycles. The molecule has 0 radical (unpaired) electrons. The van der Waals surface area contributed by atoms with Crippen LogP contribution in [-0.2, 0) is 25.5 Å². The van der Waals surface area contributed by atoms with Crippen LogP contribution < -0.4 is 4.90 Å². The van der Waals surface area contributed by atoms with Gasteiger partial charge in [0.15, 0.2) is 0 Å². The largest absolute Gasteiger partial charge is 0.462 e. The highest BCUT2D eigenvalue weighted by Gasteiger charge is 2.74. The van der Waals surface area contributed by atoms with E-state index in [0.717, 1.165) is 16.9 Å². The second-order valence-electron chi connectivity index (χ2n) is 9.86. The van der Waals surface area contributed by atoms with E-state index in [9.17, 15) is 24.0 Å². The topological polar surface area (TPSA) is 107 Å². The van der Waals surface area contributed by atoms with Crippen molar-refractivity contribution in [3.63, 3.8) is 0 Å². The molecule has 1 aliphatic carbocycles. The molecule has 196 valence electrons. The molecule has 2 aliphatic heterocycles. The smallest absolute Gasteiger partial charge is 0.338 e. The summed E-state index contributed by atoms with van der Waals surface area (Å²) in [6.07, 6.45) is -0.176. The van der Waals surface area contributed by atoms with Gasteiger partial charge < -0.3 is 9.47 Å². The second-order valence-corrected chi connectivity index (χ2v) is 9.86. The molecular formula is C31H25NO7. The maximum Gasteiger partial charge on any atom is 0.338 e. The van der Waals surface area contributed by atoms with Crippen LogP contribution in [0.2, 0.25) is 0 Å². The number of benzene rings is 3. The van der Waals surface area contributed by atoms with Crippen LogP contribution in [0.3, 0.4) is 0 Å². The summed E-state index contributed by atoms with van der Waals surface area (Å²) in [5, 5.41) is 0. The second kappa shape index (κ2) is 9.10. The van der Waals surface area contributed by atoms with Crippen LogP contribution in [0.4, 0.5) is 5.69 Å². The molecule has 3 aromatic rings. The van der Waals surface area contributed by atoms with Gasteiger partial charge in [-0.1, -0.05) is 55.5 Å². The zero-order valence-electron chi connectivity index (χ0n) is 21.4. The average molecular weight is 524 g/mol. The molecule has 0 aromatic heterocycles. The molecule has 2 saturated heterocycles. The van der Waals surface area contributed by atoms with E-state index in [1.54, 1.807) is 31.2 Å². The average Bonchev–Trinajstić information content (AvgIpc) is 3.53. The number of ketones is 2. The number of Topliss-reactive ketones (excluding diaryl/α,β-unsaturated/α-hetero) is 2. The maximum absolute atomic E-state index is 14.0. The number of fused-ring (bicyclic) bond motifs is 3. The highest BCUT2D eigenvalue weighted by atomic mass is 16.5. The first-order valence-corrected chi connectivity index (χ1v) is 12.9. The van der Waals surface area contributed by atoms with Gasteiger partial charge in [-0.3, -0.25) is 19.2 Å². The fourth-order valence-electron chi connectivity index (χ4n) is 5.98. The van der Waals surface area contributed by atoms with Crippen molar-refractivity contribution in [1.82, 2.24) is 0 Å². The summed E-state index contributed by atoms with van der Waals surface area (Å²) < 4.78 is 11.3. The number of ether oxygens (including phenoxy) is 2. The zero-order chi connectivity index (χ0) is 27.5. The normalized spacial score (nSPS) is 22.9. The van der Waals surface area contributed by atoms with E-state index >= 15 is 0 Å². The minimum absolute atomic E-state index is 0.181. The highest BCUT2D eigenvalue weighted by molar-refractivity contribution is 6.37.